The van der Waals surface area contributed by atoms with Crippen LogP contribution in [0.3, 0.4) is 0 Å². The van der Waals surface area contributed by atoms with Crippen LogP contribution in [-0.2, 0) is 14.3 Å². The summed E-state index contributed by atoms with van der Waals surface area (Å²) >= 11 is 1.24. The van der Waals surface area contributed by atoms with Gasteiger partial charge >= 0.3 is 5.97 Å². The van der Waals surface area contributed by atoms with Crippen LogP contribution in [0.4, 0.5) is 5.69 Å². The molecule has 0 amide bonds. The second-order valence-electron chi connectivity index (χ2n) is 8.04. The van der Waals surface area contributed by atoms with Gasteiger partial charge in [-0.15, -0.1) is 11.3 Å². The average molecular weight is 404 g/mol. The number of carbonyl (C=O) groups is 2. The van der Waals surface area contributed by atoms with Crippen molar-refractivity contribution in [2.45, 2.75) is 46.5 Å². The van der Waals surface area contributed by atoms with Gasteiger partial charge in [-0.25, -0.2) is 0 Å². The summed E-state index contributed by atoms with van der Waals surface area (Å²) in [6.45, 7) is 11.6. The third kappa shape index (κ3) is 3.48. The molecule has 0 fully saturated rings. The maximum Gasteiger partial charge on any atom is 0.315 e. The fourth-order valence-corrected chi connectivity index (χ4v) is 5.24. The lowest BCUT2D eigenvalue weighted by Crippen LogP contribution is -2.43. The number of hydrogen-bond donors (Lipinski definition) is 1. The molecule has 3 rings (SSSR count). The van der Waals surface area contributed by atoms with Crippen LogP contribution in [0.1, 0.15) is 49.3 Å². The molecule has 28 heavy (non-hydrogen) atoms. The number of thiophene rings is 1. The lowest BCUT2D eigenvalue weighted by Gasteiger charge is -2.41. The molecule has 1 aromatic rings. The SMILES string of the molecule is C=C1NC2=C(C(=O)CC(C)(C)C2)C(c2cc([N+](=O)[O-])c(C)s2)C1C(=O)OCC. The molecule has 0 spiro atoms. The van der Waals surface area contributed by atoms with E-state index in [0.29, 0.717) is 33.9 Å². The predicted molar refractivity (Wildman–Crippen MR) is 106 cm³/mol. The number of aryl methyl sites for hydroxylation is 1. The van der Waals surface area contributed by atoms with Gasteiger partial charge in [-0.2, -0.15) is 0 Å². The first kappa shape index (κ1) is 20.3. The summed E-state index contributed by atoms with van der Waals surface area (Å²) in [5, 5.41) is 14.5. The van der Waals surface area contributed by atoms with E-state index in [4.69, 9.17) is 4.74 Å². The molecule has 150 valence electrons. The zero-order chi connectivity index (χ0) is 20.8. The second-order valence-corrected chi connectivity index (χ2v) is 9.33. The molecule has 0 radical (unpaired) electrons. The molecule has 7 nitrogen and oxygen atoms in total. The molecule has 0 saturated heterocycles. The zero-order valence-corrected chi connectivity index (χ0v) is 17.3. The highest BCUT2D eigenvalue weighted by Crippen LogP contribution is 2.50. The Kier molecular flexibility index (Phi) is 5.18. The number of allylic oxidation sites excluding steroid dienone is 2. The van der Waals surface area contributed by atoms with Crippen molar-refractivity contribution in [3.05, 3.63) is 49.5 Å². The fraction of sp³-hybridized carbons (Fsp3) is 0.500. The van der Waals surface area contributed by atoms with Crippen molar-refractivity contribution in [3.8, 4) is 0 Å². The van der Waals surface area contributed by atoms with Crippen LogP contribution in [0, 0.1) is 28.4 Å². The topological polar surface area (TPSA) is 98.5 Å². The summed E-state index contributed by atoms with van der Waals surface area (Å²) in [7, 11) is 0. The molecule has 2 aliphatic rings. The van der Waals surface area contributed by atoms with E-state index < -0.39 is 22.7 Å². The smallest absolute Gasteiger partial charge is 0.315 e. The number of esters is 1. The Hall–Kier alpha value is -2.48. The lowest BCUT2D eigenvalue weighted by atomic mass is 9.68. The highest BCUT2D eigenvalue weighted by Gasteiger charge is 2.47. The molecule has 0 aromatic carbocycles. The van der Waals surface area contributed by atoms with Gasteiger partial charge in [-0.3, -0.25) is 19.7 Å². The minimum Gasteiger partial charge on any atom is -0.465 e. The van der Waals surface area contributed by atoms with Gasteiger partial charge in [0.25, 0.3) is 5.69 Å². The Morgan fingerprint density at radius 2 is 2.14 bits per heavy atom. The predicted octanol–water partition coefficient (Wildman–Crippen LogP) is 3.99. The first-order valence-corrected chi connectivity index (χ1v) is 10.0. The molecule has 0 saturated carbocycles. The molecule has 2 unspecified atom stereocenters. The zero-order valence-electron chi connectivity index (χ0n) is 16.5. The van der Waals surface area contributed by atoms with E-state index in [-0.39, 0.29) is 23.5 Å². The molecule has 0 bridgehead atoms. The minimum absolute atomic E-state index is 0.00232. The van der Waals surface area contributed by atoms with Crippen LogP contribution in [0.5, 0.6) is 0 Å². The Balaban J connectivity index is 2.19. The highest BCUT2D eigenvalue weighted by molar-refractivity contribution is 7.12. The number of ether oxygens (including phenoxy) is 1. The molecule has 1 aromatic heterocycles. The van der Waals surface area contributed by atoms with E-state index >= 15 is 0 Å². The molecule has 2 heterocycles. The van der Waals surface area contributed by atoms with Crippen molar-refractivity contribution in [2.24, 2.45) is 11.3 Å². The van der Waals surface area contributed by atoms with Gasteiger partial charge in [0.15, 0.2) is 5.78 Å². The minimum atomic E-state index is -0.804. The number of rotatable bonds is 4. The summed E-state index contributed by atoms with van der Waals surface area (Å²) in [6, 6.07) is 1.48. The molecular weight excluding hydrogens is 380 g/mol. The molecule has 1 N–H and O–H groups in total. The number of nitrogens with zero attached hydrogens (tertiary/aromatic N) is 1. The van der Waals surface area contributed by atoms with Gasteiger partial charge in [0.1, 0.15) is 5.92 Å². The summed E-state index contributed by atoms with van der Waals surface area (Å²) in [5.41, 5.74) is 1.53. The quantitative estimate of drug-likeness (QED) is 0.463. The van der Waals surface area contributed by atoms with E-state index in [0.717, 1.165) is 5.70 Å². The number of ketones is 1. The van der Waals surface area contributed by atoms with Crippen LogP contribution in [-0.4, -0.2) is 23.3 Å². The second kappa shape index (κ2) is 7.16. The number of nitrogens with one attached hydrogen (secondary N) is 1. The third-order valence-corrected chi connectivity index (χ3v) is 6.33. The Labute approximate surface area is 167 Å². The van der Waals surface area contributed by atoms with E-state index in [2.05, 4.69) is 11.9 Å². The number of carbonyl (C=O) groups excluding carboxylic acids is 2. The average Bonchev–Trinajstić information content (AvgIpc) is 2.94. The third-order valence-electron chi connectivity index (χ3n) is 5.21. The number of Topliss-reactive ketones (excluding diaryl/α,β-unsaturated/α-hetero) is 1. The lowest BCUT2D eigenvalue weighted by molar-refractivity contribution is -0.385. The Morgan fingerprint density at radius 1 is 1.46 bits per heavy atom. The normalized spacial score (nSPS) is 23.9. The van der Waals surface area contributed by atoms with Crippen LogP contribution in [0.15, 0.2) is 29.6 Å². The van der Waals surface area contributed by atoms with Crippen molar-refractivity contribution >= 4 is 28.8 Å². The standard InChI is InChI=1S/C20H24N2O5S/c1-6-27-19(24)16-10(2)21-12-8-20(4,5)9-14(23)17(12)18(16)15-7-13(22(25)26)11(3)28-15/h7,16,18,21H,2,6,8-9H2,1,3-5H3. The van der Waals surface area contributed by atoms with Crippen LogP contribution >= 0.6 is 11.3 Å². The van der Waals surface area contributed by atoms with Gasteiger partial charge < -0.3 is 10.1 Å². The van der Waals surface area contributed by atoms with Gasteiger partial charge in [0.2, 0.25) is 0 Å². The number of hydrogen-bond acceptors (Lipinski definition) is 7. The summed E-state index contributed by atoms with van der Waals surface area (Å²) < 4.78 is 5.24. The van der Waals surface area contributed by atoms with Gasteiger partial charge in [0.05, 0.1) is 16.4 Å². The monoisotopic (exact) mass is 404 g/mol. The molecule has 1 aliphatic carbocycles. The first-order valence-electron chi connectivity index (χ1n) is 9.19. The Bertz CT molecular complexity index is 912. The van der Waals surface area contributed by atoms with Gasteiger partial charge in [-0.05, 0) is 25.7 Å². The summed E-state index contributed by atoms with van der Waals surface area (Å²) in [5.74, 6) is -1.95. The summed E-state index contributed by atoms with van der Waals surface area (Å²) in [6.07, 6.45) is 1.00. The van der Waals surface area contributed by atoms with E-state index in [1.54, 1.807) is 13.8 Å². The molecular formula is C20H24N2O5S. The van der Waals surface area contributed by atoms with Crippen molar-refractivity contribution in [2.75, 3.05) is 6.61 Å². The van der Waals surface area contributed by atoms with Crippen LogP contribution < -0.4 is 5.32 Å². The molecule has 1 aliphatic heterocycles. The van der Waals surface area contributed by atoms with Crippen LogP contribution in [0.2, 0.25) is 0 Å². The first-order chi connectivity index (χ1) is 13.1. The van der Waals surface area contributed by atoms with Crippen LogP contribution in [0.25, 0.3) is 0 Å². The van der Waals surface area contributed by atoms with E-state index in [1.807, 2.05) is 13.8 Å². The maximum absolute atomic E-state index is 13.1. The van der Waals surface area contributed by atoms with Crippen molar-refractivity contribution in [3.63, 3.8) is 0 Å². The van der Waals surface area contributed by atoms with E-state index in [9.17, 15) is 19.7 Å². The van der Waals surface area contributed by atoms with E-state index in [1.165, 1.54) is 17.4 Å². The molecule has 2 atom stereocenters. The van der Waals surface area contributed by atoms with Gasteiger partial charge in [0, 0.05) is 40.2 Å². The molecule has 8 heteroatoms. The Morgan fingerprint density at radius 3 is 2.71 bits per heavy atom. The van der Waals surface area contributed by atoms with Gasteiger partial charge in [-0.1, -0.05) is 20.4 Å². The largest absolute Gasteiger partial charge is 0.465 e. The van der Waals surface area contributed by atoms with Crippen molar-refractivity contribution in [1.82, 2.24) is 5.32 Å². The number of nitro groups is 1. The highest BCUT2D eigenvalue weighted by atomic mass is 32.1. The van der Waals surface area contributed by atoms with Crippen molar-refractivity contribution < 1.29 is 19.2 Å². The maximum atomic E-state index is 13.1. The summed E-state index contributed by atoms with van der Waals surface area (Å²) in [4.78, 5) is 37.9. The van der Waals surface area contributed by atoms with Crippen molar-refractivity contribution in [1.29, 1.82) is 0 Å². The fourth-order valence-electron chi connectivity index (χ4n) is 4.09.